The van der Waals surface area contributed by atoms with Crippen molar-refractivity contribution in [3.63, 3.8) is 0 Å². The molecule has 0 saturated carbocycles. The molecule has 1 aromatic rings. The fourth-order valence-electron chi connectivity index (χ4n) is 2.88. The molecule has 2 rings (SSSR count). The molecule has 1 N–H and O–H groups in total. The molecule has 0 bridgehead atoms. The molecule has 0 amide bonds. The van der Waals surface area contributed by atoms with Crippen LogP contribution in [0.15, 0.2) is 18.3 Å². The maximum absolute atomic E-state index is 9.22. The van der Waals surface area contributed by atoms with Gasteiger partial charge < -0.3 is 5.11 Å². The minimum Gasteiger partial charge on any atom is -0.506 e. The van der Waals surface area contributed by atoms with E-state index in [1.807, 2.05) is 6.07 Å². The predicted molar refractivity (Wildman–Crippen MR) is 73.4 cm³/mol. The van der Waals surface area contributed by atoms with Crippen molar-refractivity contribution in [1.29, 1.82) is 0 Å². The molecule has 18 heavy (non-hydrogen) atoms. The van der Waals surface area contributed by atoms with E-state index in [1.54, 1.807) is 6.07 Å². The van der Waals surface area contributed by atoms with Gasteiger partial charge in [0.2, 0.25) is 0 Å². The van der Waals surface area contributed by atoms with Crippen LogP contribution >= 0.6 is 0 Å². The number of aromatic hydroxyl groups is 1. The monoisotopic (exact) mass is 248 g/mol. The van der Waals surface area contributed by atoms with E-state index in [0.29, 0.717) is 5.41 Å². The average Bonchev–Trinajstić information content (AvgIpc) is 2.43. The van der Waals surface area contributed by atoms with E-state index in [4.69, 9.17) is 0 Å². The Morgan fingerprint density at radius 3 is 2.39 bits per heavy atom. The Balaban J connectivity index is 1.88. The number of aromatic nitrogens is 1. The van der Waals surface area contributed by atoms with Gasteiger partial charge in [0.05, 0.1) is 11.9 Å². The fourth-order valence-corrected chi connectivity index (χ4v) is 2.88. The molecule has 0 radical (unpaired) electrons. The van der Waals surface area contributed by atoms with E-state index in [2.05, 4.69) is 23.7 Å². The van der Waals surface area contributed by atoms with Crippen molar-refractivity contribution in [2.75, 3.05) is 13.1 Å². The highest BCUT2D eigenvalue weighted by molar-refractivity contribution is 5.17. The Hall–Kier alpha value is -1.09. The standard InChI is InChI=1S/C15H24N2O/c1-3-15(4-2)7-9-17(10-8-15)12-13-5-6-14(18)11-16-13/h5-6,11,18H,3-4,7-10,12H2,1-2H3. The Morgan fingerprint density at radius 1 is 1.22 bits per heavy atom. The minimum atomic E-state index is 0.244. The first-order valence-electron chi connectivity index (χ1n) is 7.04. The van der Waals surface area contributed by atoms with Crippen LogP contribution in [0, 0.1) is 5.41 Å². The summed E-state index contributed by atoms with van der Waals surface area (Å²) < 4.78 is 0. The predicted octanol–water partition coefficient (Wildman–Crippen LogP) is 3.19. The second-order valence-corrected chi connectivity index (χ2v) is 5.49. The fraction of sp³-hybridized carbons (Fsp3) is 0.667. The maximum atomic E-state index is 9.22. The van der Waals surface area contributed by atoms with Gasteiger partial charge in [-0.25, -0.2) is 0 Å². The number of hydrogen-bond acceptors (Lipinski definition) is 3. The highest BCUT2D eigenvalue weighted by Crippen LogP contribution is 2.38. The summed E-state index contributed by atoms with van der Waals surface area (Å²) in [6, 6.07) is 3.63. The third-order valence-corrected chi connectivity index (χ3v) is 4.61. The first kappa shape index (κ1) is 13.3. The number of hydrogen-bond donors (Lipinski definition) is 1. The van der Waals surface area contributed by atoms with E-state index >= 15 is 0 Å². The summed E-state index contributed by atoms with van der Waals surface area (Å²) in [6.07, 6.45) is 6.74. The molecule has 2 heterocycles. The SMILES string of the molecule is CCC1(CC)CCN(Cc2ccc(O)cn2)CC1. The van der Waals surface area contributed by atoms with Crippen LogP contribution in [0.4, 0.5) is 0 Å². The number of likely N-dealkylation sites (tertiary alicyclic amines) is 1. The molecular formula is C15H24N2O. The molecule has 0 aliphatic carbocycles. The van der Waals surface area contributed by atoms with Gasteiger partial charge in [-0.05, 0) is 43.5 Å². The van der Waals surface area contributed by atoms with Crippen molar-refractivity contribution in [3.8, 4) is 5.75 Å². The summed E-state index contributed by atoms with van der Waals surface area (Å²) in [5.41, 5.74) is 1.63. The molecular weight excluding hydrogens is 224 g/mol. The normalized spacial score (nSPS) is 19.9. The molecule has 0 spiro atoms. The van der Waals surface area contributed by atoms with E-state index < -0.39 is 0 Å². The summed E-state index contributed by atoms with van der Waals surface area (Å²) in [7, 11) is 0. The van der Waals surface area contributed by atoms with E-state index in [1.165, 1.54) is 45.0 Å². The topological polar surface area (TPSA) is 36.4 Å². The van der Waals surface area contributed by atoms with Crippen molar-refractivity contribution in [2.24, 2.45) is 5.41 Å². The van der Waals surface area contributed by atoms with Crippen LogP contribution in [0.2, 0.25) is 0 Å². The summed E-state index contributed by atoms with van der Waals surface area (Å²) in [4.78, 5) is 6.73. The average molecular weight is 248 g/mol. The second kappa shape index (κ2) is 5.70. The molecule has 0 unspecified atom stereocenters. The van der Waals surface area contributed by atoms with Crippen molar-refractivity contribution < 1.29 is 5.11 Å². The van der Waals surface area contributed by atoms with Crippen LogP contribution in [0.1, 0.15) is 45.2 Å². The van der Waals surface area contributed by atoms with Gasteiger partial charge in [-0.1, -0.05) is 26.7 Å². The van der Waals surface area contributed by atoms with Gasteiger partial charge in [0.25, 0.3) is 0 Å². The van der Waals surface area contributed by atoms with Crippen LogP contribution < -0.4 is 0 Å². The molecule has 3 nitrogen and oxygen atoms in total. The van der Waals surface area contributed by atoms with Gasteiger partial charge in [-0.3, -0.25) is 9.88 Å². The zero-order valence-corrected chi connectivity index (χ0v) is 11.5. The number of piperidine rings is 1. The van der Waals surface area contributed by atoms with Gasteiger partial charge in [-0.15, -0.1) is 0 Å². The molecule has 1 aromatic heterocycles. The van der Waals surface area contributed by atoms with E-state index in [0.717, 1.165) is 12.2 Å². The number of pyridine rings is 1. The quantitative estimate of drug-likeness (QED) is 0.889. The second-order valence-electron chi connectivity index (χ2n) is 5.49. The van der Waals surface area contributed by atoms with Crippen molar-refractivity contribution >= 4 is 0 Å². The first-order valence-corrected chi connectivity index (χ1v) is 7.04. The largest absolute Gasteiger partial charge is 0.506 e. The van der Waals surface area contributed by atoms with E-state index in [9.17, 15) is 5.11 Å². The first-order chi connectivity index (χ1) is 8.67. The van der Waals surface area contributed by atoms with Gasteiger partial charge in [0, 0.05) is 6.54 Å². The Kier molecular flexibility index (Phi) is 4.23. The van der Waals surface area contributed by atoms with Crippen LogP contribution in [-0.2, 0) is 6.54 Å². The zero-order valence-electron chi connectivity index (χ0n) is 11.5. The van der Waals surface area contributed by atoms with Crippen LogP contribution in [0.5, 0.6) is 5.75 Å². The Labute approximate surface area is 110 Å². The van der Waals surface area contributed by atoms with Crippen molar-refractivity contribution in [1.82, 2.24) is 9.88 Å². The number of rotatable bonds is 4. The Bertz CT molecular complexity index is 361. The summed E-state index contributed by atoms with van der Waals surface area (Å²) >= 11 is 0. The number of nitrogens with zero attached hydrogens (tertiary/aromatic N) is 2. The third-order valence-electron chi connectivity index (χ3n) is 4.61. The van der Waals surface area contributed by atoms with Gasteiger partial charge in [-0.2, -0.15) is 0 Å². The van der Waals surface area contributed by atoms with Crippen LogP contribution in [0.3, 0.4) is 0 Å². The van der Waals surface area contributed by atoms with Crippen molar-refractivity contribution in [2.45, 2.75) is 46.1 Å². The van der Waals surface area contributed by atoms with Crippen LogP contribution in [0.25, 0.3) is 0 Å². The van der Waals surface area contributed by atoms with Crippen LogP contribution in [-0.4, -0.2) is 28.1 Å². The Morgan fingerprint density at radius 2 is 1.89 bits per heavy atom. The molecule has 0 atom stereocenters. The molecule has 100 valence electrons. The third kappa shape index (κ3) is 3.02. The summed E-state index contributed by atoms with van der Waals surface area (Å²) in [6.45, 7) is 7.89. The van der Waals surface area contributed by atoms with E-state index in [-0.39, 0.29) is 5.75 Å². The smallest absolute Gasteiger partial charge is 0.133 e. The summed E-state index contributed by atoms with van der Waals surface area (Å²) in [5, 5.41) is 9.22. The minimum absolute atomic E-state index is 0.244. The van der Waals surface area contributed by atoms with Gasteiger partial charge in [0.1, 0.15) is 5.75 Å². The van der Waals surface area contributed by atoms with Gasteiger partial charge in [0.15, 0.2) is 0 Å². The van der Waals surface area contributed by atoms with Gasteiger partial charge >= 0.3 is 0 Å². The highest BCUT2D eigenvalue weighted by atomic mass is 16.3. The molecule has 3 heteroatoms. The lowest BCUT2D eigenvalue weighted by Crippen LogP contribution is -2.39. The van der Waals surface area contributed by atoms with Crippen molar-refractivity contribution in [3.05, 3.63) is 24.0 Å². The highest BCUT2D eigenvalue weighted by Gasteiger charge is 2.31. The lowest BCUT2D eigenvalue weighted by Gasteiger charge is -2.40. The molecule has 0 aromatic carbocycles. The molecule has 1 aliphatic heterocycles. The maximum Gasteiger partial charge on any atom is 0.133 e. The molecule has 1 aliphatic rings. The molecule has 1 saturated heterocycles. The lowest BCUT2D eigenvalue weighted by atomic mass is 9.74. The zero-order chi connectivity index (χ0) is 13.0. The lowest BCUT2D eigenvalue weighted by molar-refractivity contribution is 0.0901. The molecule has 1 fully saturated rings. The summed E-state index contributed by atoms with van der Waals surface area (Å²) in [5.74, 6) is 0.244.